The lowest BCUT2D eigenvalue weighted by molar-refractivity contribution is -0.120. The summed E-state index contributed by atoms with van der Waals surface area (Å²) in [6, 6.07) is 5.90. The predicted octanol–water partition coefficient (Wildman–Crippen LogP) is 2.27. The van der Waals surface area contributed by atoms with E-state index in [2.05, 4.69) is 10.3 Å². The van der Waals surface area contributed by atoms with Crippen LogP contribution in [0.2, 0.25) is 0 Å². The number of amides is 1. The first-order valence-corrected chi connectivity index (χ1v) is 7.65. The zero-order chi connectivity index (χ0) is 15.4. The fraction of sp³-hybridized carbons (Fsp3) is 0.200. The van der Waals surface area contributed by atoms with Crippen molar-refractivity contribution in [1.29, 1.82) is 0 Å². The highest BCUT2D eigenvalue weighted by atomic mass is 32.1. The molecule has 0 atom stereocenters. The van der Waals surface area contributed by atoms with E-state index in [1.165, 1.54) is 23.5 Å². The summed E-state index contributed by atoms with van der Waals surface area (Å²) in [5, 5.41) is 4.69. The van der Waals surface area contributed by atoms with Crippen LogP contribution in [-0.4, -0.2) is 28.4 Å². The largest absolute Gasteiger partial charge is 0.492 e. The number of aromatic nitrogens is 2. The van der Waals surface area contributed by atoms with Gasteiger partial charge in [-0.3, -0.25) is 9.20 Å². The number of halogens is 1. The average Bonchev–Trinajstić information content (AvgIpc) is 3.05. The van der Waals surface area contributed by atoms with Crippen LogP contribution in [0.3, 0.4) is 0 Å². The van der Waals surface area contributed by atoms with E-state index in [1.807, 2.05) is 22.2 Å². The van der Waals surface area contributed by atoms with Crippen LogP contribution in [0, 0.1) is 5.82 Å². The molecule has 5 nitrogen and oxygen atoms in total. The zero-order valence-corrected chi connectivity index (χ0v) is 12.5. The summed E-state index contributed by atoms with van der Waals surface area (Å²) >= 11 is 1.52. The van der Waals surface area contributed by atoms with Gasteiger partial charge in [-0.15, -0.1) is 11.3 Å². The lowest BCUT2D eigenvalue weighted by Gasteiger charge is -2.07. The molecule has 114 valence electrons. The van der Waals surface area contributed by atoms with E-state index in [1.54, 1.807) is 12.1 Å². The van der Waals surface area contributed by atoms with Crippen molar-refractivity contribution in [2.45, 2.75) is 6.42 Å². The highest BCUT2D eigenvalue weighted by molar-refractivity contribution is 7.15. The molecule has 0 bridgehead atoms. The molecule has 0 fully saturated rings. The van der Waals surface area contributed by atoms with Gasteiger partial charge in [-0.05, 0) is 12.1 Å². The van der Waals surface area contributed by atoms with Gasteiger partial charge in [0.05, 0.1) is 18.7 Å². The van der Waals surface area contributed by atoms with Gasteiger partial charge in [0, 0.05) is 23.8 Å². The van der Waals surface area contributed by atoms with Crippen molar-refractivity contribution in [3.63, 3.8) is 0 Å². The van der Waals surface area contributed by atoms with Gasteiger partial charge in [-0.1, -0.05) is 6.07 Å². The minimum Gasteiger partial charge on any atom is -0.492 e. The Morgan fingerprint density at radius 1 is 1.45 bits per heavy atom. The number of nitrogens with zero attached hydrogens (tertiary/aromatic N) is 2. The van der Waals surface area contributed by atoms with Crippen molar-refractivity contribution in [2.75, 3.05) is 13.2 Å². The molecule has 1 amide bonds. The van der Waals surface area contributed by atoms with Crippen LogP contribution in [0.25, 0.3) is 4.96 Å². The summed E-state index contributed by atoms with van der Waals surface area (Å²) in [4.78, 5) is 17.0. The molecule has 2 heterocycles. The summed E-state index contributed by atoms with van der Waals surface area (Å²) in [6.45, 7) is 0.644. The van der Waals surface area contributed by atoms with Crippen LogP contribution in [-0.2, 0) is 11.2 Å². The molecule has 1 N–H and O–H groups in total. The lowest BCUT2D eigenvalue weighted by Crippen LogP contribution is -2.29. The van der Waals surface area contributed by atoms with Gasteiger partial charge in [-0.2, -0.15) is 0 Å². The number of nitrogens with one attached hydrogen (secondary N) is 1. The van der Waals surface area contributed by atoms with Crippen molar-refractivity contribution in [3.05, 3.63) is 53.6 Å². The standard InChI is InChI=1S/C15H14FN3O2S/c16-11-2-1-3-13(8-11)21-6-4-17-14(20)9-12-10-19-5-7-22-15(19)18-12/h1-3,5,7-8,10H,4,6,9H2,(H,17,20). The molecule has 0 spiro atoms. The number of hydrogen-bond donors (Lipinski definition) is 1. The Labute approximate surface area is 130 Å². The fourth-order valence-electron chi connectivity index (χ4n) is 2.00. The maximum absolute atomic E-state index is 13.0. The highest BCUT2D eigenvalue weighted by Gasteiger charge is 2.07. The third-order valence-electron chi connectivity index (χ3n) is 2.97. The van der Waals surface area contributed by atoms with E-state index < -0.39 is 0 Å². The predicted molar refractivity (Wildman–Crippen MR) is 81.7 cm³/mol. The van der Waals surface area contributed by atoms with Crippen LogP contribution in [0.5, 0.6) is 5.75 Å². The molecule has 3 aromatic rings. The van der Waals surface area contributed by atoms with E-state index in [0.717, 1.165) is 10.7 Å². The van der Waals surface area contributed by atoms with Gasteiger partial charge in [0.2, 0.25) is 5.91 Å². The van der Waals surface area contributed by atoms with E-state index in [4.69, 9.17) is 4.74 Å². The van der Waals surface area contributed by atoms with E-state index in [0.29, 0.717) is 12.3 Å². The van der Waals surface area contributed by atoms with E-state index in [9.17, 15) is 9.18 Å². The second-order valence-corrected chi connectivity index (χ2v) is 5.53. The number of benzene rings is 1. The van der Waals surface area contributed by atoms with Crippen molar-refractivity contribution < 1.29 is 13.9 Å². The maximum atomic E-state index is 13.0. The molecule has 1 aromatic carbocycles. The number of fused-ring (bicyclic) bond motifs is 1. The first kappa shape index (κ1) is 14.5. The normalized spacial score (nSPS) is 10.8. The molecular weight excluding hydrogens is 305 g/mol. The monoisotopic (exact) mass is 319 g/mol. The quantitative estimate of drug-likeness (QED) is 0.709. The molecule has 7 heteroatoms. The second kappa shape index (κ2) is 6.57. The van der Waals surface area contributed by atoms with E-state index >= 15 is 0 Å². The molecule has 2 aromatic heterocycles. The molecule has 0 aliphatic rings. The summed E-state index contributed by atoms with van der Waals surface area (Å²) < 4.78 is 20.2. The number of ether oxygens (including phenoxy) is 1. The third-order valence-corrected chi connectivity index (χ3v) is 3.74. The van der Waals surface area contributed by atoms with Crippen LogP contribution in [0.15, 0.2) is 42.0 Å². The molecule has 0 saturated heterocycles. The summed E-state index contributed by atoms with van der Waals surface area (Å²) in [7, 11) is 0. The van der Waals surface area contributed by atoms with Gasteiger partial charge in [0.15, 0.2) is 4.96 Å². The van der Waals surface area contributed by atoms with Gasteiger partial charge in [0.1, 0.15) is 18.2 Å². The third kappa shape index (κ3) is 3.62. The number of carbonyl (C=O) groups excluding carboxylic acids is 1. The van der Waals surface area contributed by atoms with Gasteiger partial charge >= 0.3 is 0 Å². The van der Waals surface area contributed by atoms with Gasteiger partial charge < -0.3 is 10.1 Å². The minimum atomic E-state index is -0.346. The average molecular weight is 319 g/mol. The molecule has 3 rings (SSSR count). The maximum Gasteiger partial charge on any atom is 0.226 e. The number of hydrogen-bond acceptors (Lipinski definition) is 4. The molecule has 0 radical (unpaired) electrons. The highest BCUT2D eigenvalue weighted by Crippen LogP contribution is 2.12. The van der Waals surface area contributed by atoms with Crippen LogP contribution >= 0.6 is 11.3 Å². The van der Waals surface area contributed by atoms with E-state index in [-0.39, 0.29) is 24.8 Å². The van der Waals surface area contributed by atoms with Gasteiger partial charge in [-0.25, -0.2) is 9.37 Å². The first-order valence-electron chi connectivity index (χ1n) is 6.77. The fourth-order valence-corrected chi connectivity index (χ4v) is 2.72. The number of imidazole rings is 1. The second-order valence-electron chi connectivity index (χ2n) is 4.66. The minimum absolute atomic E-state index is 0.117. The molecule has 22 heavy (non-hydrogen) atoms. The van der Waals surface area contributed by atoms with Crippen molar-refractivity contribution in [2.24, 2.45) is 0 Å². The number of carbonyl (C=O) groups is 1. The number of rotatable bonds is 6. The lowest BCUT2D eigenvalue weighted by atomic mass is 10.3. The summed E-state index contributed by atoms with van der Waals surface area (Å²) in [5.41, 5.74) is 0.732. The smallest absolute Gasteiger partial charge is 0.226 e. The Balaban J connectivity index is 1.41. The Bertz CT molecular complexity index is 755. The van der Waals surface area contributed by atoms with Crippen LogP contribution in [0.1, 0.15) is 5.69 Å². The Morgan fingerprint density at radius 3 is 3.18 bits per heavy atom. The van der Waals surface area contributed by atoms with Crippen LogP contribution < -0.4 is 10.1 Å². The Morgan fingerprint density at radius 2 is 2.36 bits per heavy atom. The molecule has 0 aliphatic carbocycles. The Kier molecular flexibility index (Phi) is 4.34. The molecule has 0 unspecified atom stereocenters. The SMILES string of the molecule is O=C(Cc1cn2ccsc2n1)NCCOc1cccc(F)c1. The zero-order valence-electron chi connectivity index (χ0n) is 11.7. The topological polar surface area (TPSA) is 55.6 Å². The summed E-state index contributed by atoms with van der Waals surface area (Å²) in [5.74, 6) is -0.0153. The van der Waals surface area contributed by atoms with Crippen molar-refractivity contribution in [3.8, 4) is 5.75 Å². The molecule has 0 saturated carbocycles. The van der Waals surface area contributed by atoms with Crippen LogP contribution in [0.4, 0.5) is 4.39 Å². The first-order chi connectivity index (χ1) is 10.7. The van der Waals surface area contributed by atoms with Gasteiger partial charge in [0.25, 0.3) is 0 Å². The summed E-state index contributed by atoms with van der Waals surface area (Å²) in [6.07, 6.45) is 3.98. The molecular formula is C15H14FN3O2S. The Hall–Kier alpha value is -2.41. The molecule has 0 aliphatic heterocycles. The van der Waals surface area contributed by atoms with Crippen molar-refractivity contribution in [1.82, 2.24) is 14.7 Å². The van der Waals surface area contributed by atoms with Crippen molar-refractivity contribution >= 4 is 22.2 Å². The number of thiazole rings is 1.